The number of aliphatic hydroxyl groups is 2. The molecular formula is C29H28O10. The van der Waals surface area contributed by atoms with Gasteiger partial charge in [0.05, 0.1) is 36.5 Å². The Kier molecular flexibility index (Phi) is 9.76. The summed E-state index contributed by atoms with van der Waals surface area (Å²) in [5.41, 5.74) is 0.689. The Morgan fingerprint density at radius 2 is 1.15 bits per heavy atom. The number of ether oxygens (including phenoxy) is 5. The monoisotopic (exact) mass is 536 g/mol. The third kappa shape index (κ3) is 7.49. The van der Waals surface area contributed by atoms with Crippen molar-refractivity contribution >= 4 is 17.9 Å². The molecule has 1 aliphatic rings. The van der Waals surface area contributed by atoms with Gasteiger partial charge in [-0.05, 0) is 36.4 Å². The average Bonchev–Trinajstić information content (AvgIpc) is 2.99. The maximum atomic E-state index is 13.1. The molecule has 39 heavy (non-hydrogen) atoms. The van der Waals surface area contributed by atoms with Crippen LogP contribution >= 0.6 is 0 Å². The minimum Gasteiger partial charge on any atom is -0.452 e. The lowest BCUT2D eigenvalue weighted by Gasteiger charge is -2.40. The van der Waals surface area contributed by atoms with E-state index < -0.39 is 55.2 Å². The highest BCUT2D eigenvalue weighted by Gasteiger charge is 2.48. The van der Waals surface area contributed by atoms with Crippen LogP contribution in [0.3, 0.4) is 0 Å². The zero-order valence-corrected chi connectivity index (χ0v) is 20.8. The molecule has 1 fully saturated rings. The first-order valence-corrected chi connectivity index (χ1v) is 12.3. The smallest absolute Gasteiger partial charge is 0.338 e. The summed E-state index contributed by atoms with van der Waals surface area (Å²) in [6, 6.07) is 24.4. The van der Waals surface area contributed by atoms with Crippen molar-refractivity contribution in [2.75, 3.05) is 19.8 Å². The van der Waals surface area contributed by atoms with Crippen LogP contribution in [0, 0.1) is 0 Å². The Bertz CT molecular complexity index is 1220. The summed E-state index contributed by atoms with van der Waals surface area (Å²) in [4.78, 5) is 39.0. The number of carbonyl (C=O) groups excluding carboxylic acids is 3. The predicted octanol–water partition coefficient (Wildman–Crippen LogP) is 2.39. The van der Waals surface area contributed by atoms with E-state index in [0.29, 0.717) is 0 Å². The van der Waals surface area contributed by atoms with Gasteiger partial charge in [-0.1, -0.05) is 54.6 Å². The van der Waals surface area contributed by atoms with Crippen LogP contribution < -0.4 is 0 Å². The van der Waals surface area contributed by atoms with E-state index in [4.69, 9.17) is 23.7 Å². The lowest BCUT2D eigenvalue weighted by atomic mass is 10.0. The lowest BCUT2D eigenvalue weighted by molar-refractivity contribution is -0.273. The summed E-state index contributed by atoms with van der Waals surface area (Å²) < 4.78 is 28.5. The van der Waals surface area contributed by atoms with Gasteiger partial charge in [0.25, 0.3) is 0 Å². The summed E-state index contributed by atoms with van der Waals surface area (Å²) >= 11 is 0. The molecule has 3 aromatic rings. The van der Waals surface area contributed by atoms with Gasteiger partial charge in [0.1, 0.15) is 6.10 Å². The van der Waals surface area contributed by atoms with Crippen molar-refractivity contribution in [1.29, 1.82) is 0 Å². The van der Waals surface area contributed by atoms with Crippen LogP contribution in [0.4, 0.5) is 0 Å². The van der Waals surface area contributed by atoms with Crippen LogP contribution in [-0.4, -0.2) is 78.6 Å². The molecule has 2 N–H and O–H groups in total. The summed E-state index contributed by atoms with van der Waals surface area (Å²) in [5.74, 6) is -2.22. The highest BCUT2D eigenvalue weighted by atomic mass is 16.7. The number of benzene rings is 3. The summed E-state index contributed by atoms with van der Waals surface area (Å²) in [5, 5.41) is 19.0. The van der Waals surface area contributed by atoms with Gasteiger partial charge in [0.15, 0.2) is 24.6 Å². The van der Waals surface area contributed by atoms with Crippen molar-refractivity contribution in [2.45, 2.75) is 30.7 Å². The predicted molar refractivity (Wildman–Crippen MR) is 136 cm³/mol. The molecule has 0 spiro atoms. The normalized spacial score (nSPS) is 21.4. The molecule has 3 aromatic carbocycles. The maximum Gasteiger partial charge on any atom is 0.338 e. The minimum absolute atomic E-state index is 0.211. The summed E-state index contributed by atoms with van der Waals surface area (Å²) in [6.07, 6.45) is -6.49. The zero-order chi connectivity index (χ0) is 27.6. The van der Waals surface area contributed by atoms with Gasteiger partial charge in [-0.2, -0.15) is 0 Å². The largest absolute Gasteiger partial charge is 0.452 e. The number of hydrogen-bond acceptors (Lipinski definition) is 10. The van der Waals surface area contributed by atoms with Crippen LogP contribution in [0.1, 0.15) is 31.1 Å². The van der Waals surface area contributed by atoms with E-state index in [0.717, 1.165) is 0 Å². The third-order valence-electron chi connectivity index (χ3n) is 5.82. The first-order valence-electron chi connectivity index (χ1n) is 12.3. The van der Waals surface area contributed by atoms with E-state index in [2.05, 4.69) is 0 Å². The van der Waals surface area contributed by atoms with Crippen LogP contribution in [0.25, 0.3) is 0 Å². The quantitative estimate of drug-likeness (QED) is 0.293. The van der Waals surface area contributed by atoms with Crippen molar-refractivity contribution in [2.24, 2.45) is 0 Å². The highest BCUT2D eigenvalue weighted by Crippen LogP contribution is 2.27. The molecule has 0 unspecified atom stereocenters. The second-order valence-electron chi connectivity index (χ2n) is 8.65. The fourth-order valence-corrected chi connectivity index (χ4v) is 3.83. The Hall–Kier alpha value is -4.09. The number of rotatable bonds is 10. The molecule has 0 radical (unpaired) electrons. The molecule has 0 bridgehead atoms. The number of esters is 3. The van der Waals surface area contributed by atoms with Crippen LogP contribution in [0.2, 0.25) is 0 Å². The number of carbonyl (C=O) groups is 3. The third-order valence-corrected chi connectivity index (χ3v) is 5.82. The molecule has 10 heteroatoms. The molecule has 1 aliphatic heterocycles. The molecule has 4 rings (SSSR count). The van der Waals surface area contributed by atoms with Crippen LogP contribution in [-0.2, 0) is 23.7 Å². The van der Waals surface area contributed by atoms with Gasteiger partial charge in [-0.15, -0.1) is 0 Å². The van der Waals surface area contributed by atoms with Crippen molar-refractivity contribution in [3.05, 3.63) is 108 Å². The molecule has 0 aliphatic carbocycles. The topological polar surface area (TPSA) is 138 Å². The minimum atomic E-state index is -1.40. The maximum absolute atomic E-state index is 13.1. The lowest BCUT2D eigenvalue weighted by Crippen LogP contribution is -2.58. The van der Waals surface area contributed by atoms with E-state index in [9.17, 15) is 24.6 Å². The van der Waals surface area contributed by atoms with E-state index in [-0.39, 0.29) is 29.9 Å². The Morgan fingerprint density at radius 1 is 0.718 bits per heavy atom. The Morgan fingerprint density at radius 3 is 1.62 bits per heavy atom. The SMILES string of the molecule is O=C(O[C@@H]1[C@@H](OC(=O)c2ccccc2)[C@@H](OC[C@H](O)CO)OC[C@H]1OC(=O)c1ccccc1)c1ccccc1. The first kappa shape index (κ1) is 27.9. The first-order chi connectivity index (χ1) is 19.0. The van der Waals surface area contributed by atoms with Gasteiger partial charge in [0.2, 0.25) is 0 Å². The number of aliphatic hydroxyl groups excluding tert-OH is 2. The van der Waals surface area contributed by atoms with E-state index in [1.165, 1.54) is 12.1 Å². The van der Waals surface area contributed by atoms with E-state index in [1.54, 1.807) is 78.9 Å². The summed E-state index contributed by atoms with van der Waals surface area (Å²) in [6.45, 7) is -1.22. The van der Waals surface area contributed by atoms with Crippen LogP contribution in [0.15, 0.2) is 91.0 Å². The Labute approximate surface area is 224 Å². The van der Waals surface area contributed by atoms with E-state index in [1.807, 2.05) is 0 Å². The number of hydrogen-bond donors (Lipinski definition) is 2. The zero-order valence-electron chi connectivity index (χ0n) is 20.8. The van der Waals surface area contributed by atoms with Gasteiger partial charge >= 0.3 is 17.9 Å². The van der Waals surface area contributed by atoms with Crippen molar-refractivity contribution in [1.82, 2.24) is 0 Å². The Balaban J connectivity index is 1.64. The second kappa shape index (κ2) is 13.6. The molecular weight excluding hydrogens is 508 g/mol. The summed E-state index contributed by atoms with van der Waals surface area (Å²) in [7, 11) is 0. The van der Waals surface area contributed by atoms with Gasteiger partial charge < -0.3 is 33.9 Å². The molecule has 0 saturated carbocycles. The molecule has 5 atom stereocenters. The fraction of sp³-hybridized carbons (Fsp3) is 0.276. The van der Waals surface area contributed by atoms with Crippen LogP contribution in [0.5, 0.6) is 0 Å². The van der Waals surface area contributed by atoms with Gasteiger partial charge in [-0.25, -0.2) is 14.4 Å². The van der Waals surface area contributed by atoms with Gasteiger partial charge in [-0.3, -0.25) is 0 Å². The van der Waals surface area contributed by atoms with Crippen molar-refractivity contribution in [3.8, 4) is 0 Å². The van der Waals surface area contributed by atoms with Crippen molar-refractivity contribution in [3.63, 3.8) is 0 Å². The molecule has 1 heterocycles. The molecule has 204 valence electrons. The molecule has 10 nitrogen and oxygen atoms in total. The highest BCUT2D eigenvalue weighted by molar-refractivity contribution is 5.91. The van der Waals surface area contributed by atoms with Gasteiger partial charge in [0, 0.05) is 0 Å². The van der Waals surface area contributed by atoms with E-state index >= 15 is 0 Å². The molecule has 0 amide bonds. The fourth-order valence-electron chi connectivity index (χ4n) is 3.83. The molecule has 1 saturated heterocycles. The second-order valence-corrected chi connectivity index (χ2v) is 8.65. The van der Waals surface area contributed by atoms with Crippen molar-refractivity contribution < 1.29 is 48.3 Å². The molecule has 0 aromatic heterocycles. The standard InChI is InChI=1S/C29H28O10/c30-16-22(31)17-35-29-25(39-28(34)21-14-8-3-9-15-21)24(38-27(33)20-12-6-2-7-13-20)23(18-36-29)37-26(32)19-10-4-1-5-11-19/h1-15,22-25,29-31H,16-18H2/t22-,23-,24+,25-,29+/m1/s1. The average molecular weight is 537 g/mol.